The van der Waals surface area contributed by atoms with Crippen molar-refractivity contribution in [3.05, 3.63) is 88.7 Å². The van der Waals surface area contributed by atoms with Crippen molar-refractivity contribution < 1.29 is 4.79 Å². The molecule has 0 radical (unpaired) electrons. The van der Waals surface area contributed by atoms with E-state index in [-0.39, 0.29) is 5.92 Å². The van der Waals surface area contributed by atoms with Gasteiger partial charge in [0.15, 0.2) is 0 Å². The van der Waals surface area contributed by atoms with E-state index in [0.29, 0.717) is 5.91 Å². The van der Waals surface area contributed by atoms with Gasteiger partial charge in [-0.2, -0.15) is 0 Å². The van der Waals surface area contributed by atoms with Crippen molar-refractivity contribution in [1.29, 1.82) is 0 Å². The number of rotatable bonds is 6. The van der Waals surface area contributed by atoms with Crippen LogP contribution in [0.25, 0.3) is 16.7 Å². The molecule has 0 aliphatic carbocycles. The zero-order valence-electron chi connectivity index (χ0n) is 22.6. The maximum atomic E-state index is 13.6. The van der Waals surface area contributed by atoms with Crippen LogP contribution in [0.4, 0.5) is 5.69 Å². The van der Waals surface area contributed by atoms with E-state index in [4.69, 9.17) is 4.98 Å². The van der Waals surface area contributed by atoms with Crippen molar-refractivity contribution in [3.8, 4) is 5.69 Å². The minimum atomic E-state index is 0.0527. The normalized spacial score (nSPS) is 18.6. The number of amides is 1. The van der Waals surface area contributed by atoms with E-state index in [2.05, 4.69) is 103 Å². The molecule has 4 aromatic rings. The first-order valence-electron chi connectivity index (χ1n) is 14.2. The van der Waals surface area contributed by atoms with Gasteiger partial charge in [0.05, 0.1) is 23.5 Å². The predicted molar refractivity (Wildman–Crippen MR) is 161 cm³/mol. The number of aryl methyl sites for hydroxylation is 1. The van der Waals surface area contributed by atoms with Gasteiger partial charge >= 0.3 is 0 Å². The highest BCUT2D eigenvalue weighted by Crippen LogP contribution is 2.28. The number of imidazole rings is 1. The summed E-state index contributed by atoms with van der Waals surface area (Å²) >= 11 is 3.63. The number of carbonyl (C=O) groups is 1. The second-order valence-corrected chi connectivity index (χ2v) is 11.6. The Balaban J connectivity index is 1.14. The van der Waals surface area contributed by atoms with E-state index in [1.54, 1.807) is 0 Å². The number of hydrogen-bond acceptors (Lipinski definition) is 4. The number of anilines is 1. The molecule has 2 saturated heterocycles. The summed E-state index contributed by atoms with van der Waals surface area (Å²) in [4.78, 5) is 25.6. The van der Waals surface area contributed by atoms with E-state index < -0.39 is 0 Å². The summed E-state index contributed by atoms with van der Waals surface area (Å²) in [5.41, 5.74) is 5.91. The second kappa shape index (κ2) is 11.5. The number of piperidine rings is 1. The lowest BCUT2D eigenvalue weighted by atomic mass is 9.96. The molecule has 0 spiro atoms. The zero-order chi connectivity index (χ0) is 26.8. The predicted octanol–water partition coefficient (Wildman–Crippen LogP) is 5.91. The van der Waals surface area contributed by atoms with Crippen LogP contribution in [0, 0.1) is 5.92 Å². The Labute approximate surface area is 239 Å². The number of likely N-dealkylation sites (tertiary alicyclic amines) is 1. The van der Waals surface area contributed by atoms with E-state index in [1.165, 1.54) is 11.3 Å². The molecule has 2 aliphatic heterocycles. The van der Waals surface area contributed by atoms with Crippen LogP contribution in [-0.4, -0.2) is 64.5 Å². The van der Waals surface area contributed by atoms with Gasteiger partial charge in [-0.1, -0.05) is 59.3 Å². The number of para-hydroxylation sites is 3. The molecule has 0 bridgehead atoms. The van der Waals surface area contributed by atoms with Gasteiger partial charge in [-0.05, 0) is 67.8 Å². The molecule has 202 valence electrons. The topological polar surface area (TPSA) is 44.6 Å². The van der Waals surface area contributed by atoms with Gasteiger partial charge in [-0.25, -0.2) is 4.98 Å². The number of benzene rings is 3. The van der Waals surface area contributed by atoms with Crippen molar-refractivity contribution >= 4 is 38.6 Å². The minimum absolute atomic E-state index is 0.0527. The summed E-state index contributed by atoms with van der Waals surface area (Å²) in [7, 11) is 0. The molecular formula is C32H36BrN5O. The highest BCUT2D eigenvalue weighted by molar-refractivity contribution is 9.10. The highest BCUT2D eigenvalue weighted by Gasteiger charge is 2.32. The first kappa shape index (κ1) is 26.1. The van der Waals surface area contributed by atoms with Gasteiger partial charge in [0.25, 0.3) is 0 Å². The highest BCUT2D eigenvalue weighted by atomic mass is 79.9. The van der Waals surface area contributed by atoms with Gasteiger partial charge in [-0.3, -0.25) is 14.3 Å². The standard InChI is InChI=1S/C32H36BrN5O/c1-2-24-9-3-5-14-29(24)36-17-19-37(20-18-36)32(39)25-10-8-16-35(22-25)23-31-34-28-13-4-6-15-30(28)38(31)27-12-7-11-26(33)21-27/h3-7,9,11-15,21,25H,2,8,10,16-20,22-23H2,1H3/t25-/m0/s1. The van der Waals surface area contributed by atoms with Crippen LogP contribution in [0.3, 0.4) is 0 Å². The van der Waals surface area contributed by atoms with Crippen molar-refractivity contribution in [3.63, 3.8) is 0 Å². The third kappa shape index (κ3) is 5.48. The molecule has 0 N–H and O–H groups in total. The molecule has 1 aromatic heterocycles. The van der Waals surface area contributed by atoms with E-state index >= 15 is 0 Å². The molecule has 3 heterocycles. The van der Waals surface area contributed by atoms with Gasteiger partial charge in [-0.15, -0.1) is 0 Å². The summed E-state index contributed by atoms with van der Waals surface area (Å²) in [6, 6.07) is 25.4. The van der Waals surface area contributed by atoms with E-state index in [0.717, 1.165) is 92.1 Å². The quantitative estimate of drug-likeness (QED) is 0.282. The van der Waals surface area contributed by atoms with Gasteiger partial charge < -0.3 is 9.80 Å². The smallest absolute Gasteiger partial charge is 0.227 e. The fourth-order valence-electron chi connectivity index (χ4n) is 6.23. The Bertz CT molecular complexity index is 1460. The Hall–Kier alpha value is -3.16. The lowest BCUT2D eigenvalue weighted by Crippen LogP contribution is -2.52. The molecule has 39 heavy (non-hydrogen) atoms. The van der Waals surface area contributed by atoms with E-state index in [1.807, 2.05) is 12.1 Å². The van der Waals surface area contributed by atoms with Crippen molar-refractivity contribution in [2.75, 3.05) is 44.2 Å². The number of nitrogens with zero attached hydrogens (tertiary/aromatic N) is 5. The zero-order valence-corrected chi connectivity index (χ0v) is 24.2. The molecular weight excluding hydrogens is 550 g/mol. The lowest BCUT2D eigenvalue weighted by molar-refractivity contribution is -0.137. The van der Waals surface area contributed by atoms with Crippen molar-refractivity contribution in [2.45, 2.75) is 32.7 Å². The van der Waals surface area contributed by atoms with Crippen molar-refractivity contribution in [1.82, 2.24) is 19.4 Å². The number of fused-ring (bicyclic) bond motifs is 1. The fourth-order valence-corrected chi connectivity index (χ4v) is 6.62. The Morgan fingerprint density at radius 1 is 0.949 bits per heavy atom. The first-order valence-corrected chi connectivity index (χ1v) is 15.0. The third-order valence-electron chi connectivity index (χ3n) is 8.22. The van der Waals surface area contributed by atoms with E-state index in [9.17, 15) is 4.79 Å². The number of carbonyl (C=O) groups excluding carboxylic acids is 1. The molecule has 3 aromatic carbocycles. The second-order valence-electron chi connectivity index (χ2n) is 10.7. The lowest BCUT2D eigenvalue weighted by Gasteiger charge is -2.40. The van der Waals surface area contributed by atoms with Crippen LogP contribution < -0.4 is 4.90 Å². The van der Waals surface area contributed by atoms with Crippen LogP contribution >= 0.6 is 15.9 Å². The third-order valence-corrected chi connectivity index (χ3v) is 8.71. The number of halogens is 1. The van der Waals surface area contributed by atoms with Gasteiger partial charge in [0.1, 0.15) is 5.82 Å². The largest absolute Gasteiger partial charge is 0.368 e. The molecule has 7 heteroatoms. The average Bonchev–Trinajstić information content (AvgIpc) is 3.34. The molecule has 0 unspecified atom stereocenters. The molecule has 0 saturated carbocycles. The molecule has 1 amide bonds. The monoisotopic (exact) mass is 585 g/mol. The van der Waals surface area contributed by atoms with Gasteiger partial charge in [0, 0.05) is 48.6 Å². The summed E-state index contributed by atoms with van der Waals surface area (Å²) < 4.78 is 3.31. The van der Waals surface area contributed by atoms with Crippen LogP contribution in [0.2, 0.25) is 0 Å². The molecule has 6 nitrogen and oxygen atoms in total. The molecule has 2 aliphatic rings. The summed E-state index contributed by atoms with van der Waals surface area (Å²) in [5.74, 6) is 1.39. The molecule has 6 rings (SSSR count). The SMILES string of the molecule is CCc1ccccc1N1CCN(C(=O)[C@H]2CCCN(Cc3nc4ccccc4n3-c3cccc(Br)c3)C2)CC1. The summed E-state index contributed by atoms with van der Waals surface area (Å²) in [6.07, 6.45) is 3.04. The molecule has 2 fully saturated rings. The Morgan fingerprint density at radius 3 is 2.56 bits per heavy atom. The Kier molecular flexibility index (Phi) is 7.71. The average molecular weight is 587 g/mol. The maximum absolute atomic E-state index is 13.6. The fraction of sp³-hybridized carbons (Fsp3) is 0.375. The van der Waals surface area contributed by atoms with Crippen LogP contribution in [0.15, 0.2) is 77.3 Å². The van der Waals surface area contributed by atoms with Crippen molar-refractivity contribution in [2.24, 2.45) is 5.92 Å². The Morgan fingerprint density at radius 2 is 1.74 bits per heavy atom. The minimum Gasteiger partial charge on any atom is -0.368 e. The van der Waals surface area contributed by atoms with Crippen LogP contribution in [0.1, 0.15) is 31.2 Å². The number of hydrogen-bond donors (Lipinski definition) is 0. The molecule has 1 atom stereocenters. The van der Waals surface area contributed by atoms with Crippen LogP contribution in [-0.2, 0) is 17.8 Å². The number of aromatic nitrogens is 2. The van der Waals surface area contributed by atoms with Gasteiger partial charge in [0.2, 0.25) is 5.91 Å². The van der Waals surface area contributed by atoms with Crippen LogP contribution in [0.5, 0.6) is 0 Å². The summed E-state index contributed by atoms with van der Waals surface area (Å²) in [5, 5.41) is 0. The first-order chi connectivity index (χ1) is 19.1. The maximum Gasteiger partial charge on any atom is 0.227 e. The summed E-state index contributed by atoms with van der Waals surface area (Å²) in [6.45, 7) is 8.12. The number of piperazine rings is 1.